The van der Waals surface area contributed by atoms with E-state index in [0.717, 1.165) is 4.57 Å². The maximum atomic E-state index is 11.7. The lowest BCUT2D eigenvalue weighted by atomic mass is 10.1. The van der Waals surface area contributed by atoms with Crippen LogP contribution in [0.25, 0.3) is 0 Å². The van der Waals surface area contributed by atoms with Crippen LogP contribution in [0.4, 0.5) is 5.82 Å². The molecule has 21 heavy (non-hydrogen) atoms. The fourth-order valence-electron chi connectivity index (χ4n) is 1.86. The van der Waals surface area contributed by atoms with Gasteiger partial charge in [-0.25, -0.2) is 9.36 Å². The van der Waals surface area contributed by atoms with Gasteiger partial charge in [-0.3, -0.25) is 9.09 Å². The lowest BCUT2D eigenvalue weighted by molar-refractivity contribution is -0.0438. The Morgan fingerprint density at radius 3 is 2.81 bits per heavy atom. The molecule has 1 aromatic rings. The number of aromatic nitrogens is 2. The highest BCUT2D eigenvalue weighted by molar-refractivity contribution is 7.46. The fourth-order valence-corrected chi connectivity index (χ4v) is 2.20. The highest BCUT2D eigenvalue weighted by Gasteiger charge is 2.40. The summed E-state index contributed by atoms with van der Waals surface area (Å²) >= 11 is 0. The molecule has 0 saturated carbocycles. The monoisotopic (exact) mass is 319 g/mol. The van der Waals surface area contributed by atoms with Crippen molar-refractivity contribution in [3.05, 3.63) is 34.9 Å². The van der Waals surface area contributed by atoms with Crippen molar-refractivity contribution in [2.24, 2.45) is 0 Å². The summed E-state index contributed by atoms with van der Waals surface area (Å²) in [5.74, 6) is 0.0294. The molecule has 0 aromatic carbocycles. The second kappa shape index (κ2) is 5.68. The third-order valence-electron chi connectivity index (χ3n) is 2.86. The van der Waals surface area contributed by atoms with E-state index in [4.69, 9.17) is 20.3 Å². The van der Waals surface area contributed by atoms with Gasteiger partial charge >= 0.3 is 13.5 Å². The zero-order chi connectivity index (χ0) is 15.8. The molecule has 2 heterocycles. The molecule has 1 saturated heterocycles. The predicted octanol–water partition coefficient (Wildman–Crippen LogP) is -1.25. The van der Waals surface area contributed by atoms with Gasteiger partial charge in [-0.15, -0.1) is 0 Å². The van der Waals surface area contributed by atoms with Crippen LogP contribution in [0.1, 0.15) is 6.23 Å². The molecule has 0 spiro atoms. The van der Waals surface area contributed by atoms with Crippen molar-refractivity contribution in [1.29, 1.82) is 0 Å². The number of nitrogens with zero attached hydrogens (tertiary/aromatic N) is 2. The summed E-state index contributed by atoms with van der Waals surface area (Å²) in [6.45, 7) is 3.05. The number of ether oxygens (including phenoxy) is 1. The first-order valence-corrected chi connectivity index (χ1v) is 7.29. The van der Waals surface area contributed by atoms with Crippen molar-refractivity contribution in [2.75, 3.05) is 12.3 Å². The molecule has 116 valence electrons. The molecular formula is C10H14N3O7P. The molecule has 0 amide bonds. The van der Waals surface area contributed by atoms with E-state index >= 15 is 0 Å². The summed E-state index contributed by atoms with van der Waals surface area (Å²) in [7, 11) is -4.69. The number of anilines is 1. The predicted molar refractivity (Wildman–Crippen MR) is 70.0 cm³/mol. The molecule has 3 atom stereocenters. The molecule has 0 radical (unpaired) electrons. The zero-order valence-electron chi connectivity index (χ0n) is 10.7. The van der Waals surface area contributed by atoms with Gasteiger partial charge in [0.1, 0.15) is 18.0 Å². The number of nitrogen functional groups attached to an aromatic ring is 1. The third kappa shape index (κ3) is 3.56. The van der Waals surface area contributed by atoms with Crippen molar-refractivity contribution in [1.82, 2.24) is 9.55 Å². The first kappa shape index (κ1) is 15.8. The Hall–Kier alpha value is -1.55. The molecule has 0 bridgehead atoms. The van der Waals surface area contributed by atoms with E-state index in [0.29, 0.717) is 0 Å². The summed E-state index contributed by atoms with van der Waals surface area (Å²) in [5, 5.41) is 9.91. The SMILES string of the molecule is C=C1[C@H](n2ccc(N)nc2=O)O[C@H](COP(=O)(O)O)[C@H]1O. The van der Waals surface area contributed by atoms with Gasteiger partial charge in [0.25, 0.3) is 0 Å². The molecule has 10 nitrogen and oxygen atoms in total. The van der Waals surface area contributed by atoms with Gasteiger partial charge in [0.15, 0.2) is 6.23 Å². The van der Waals surface area contributed by atoms with Crippen molar-refractivity contribution in [2.45, 2.75) is 18.4 Å². The molecular weight excluding hydrogens is 305 g/mol. The largest absolute Gasteiger partial charge is 0.469 e. The van der Waals surface area contributed by atoms with E-state index in [9.17, 15) is 14.5 Å². The van der Waals surface area contributed by atoms with Gasteiger partial charge in [0.2, 0.25) is 0 Å². The Labute approximate surface area is 118 Å². The van der Waals surface area contributed by atoms with Crippen LogP contribution < -0.4 is 11.4 Å². The molecule has 1 aliphatic heterocycles. The highest BCUT2D eigenvalue weighted by atomic mass is 31.2. The molecule has 0 unspecified atom stereocenters. The average molecular weight is 319 g/mol. The molecule has 5 N–H and O–H groups in total. The summed E-state index contributed by atoms with van der Waals surface area (Å²) in [5.41, 5.74) is 4.81. The van der Waals surface area contributed by atoms with E-state index < -0.39 is 38.6 Å². The van der Waals surface area contributed by atoms with Crippen molar-refractivity contribution in [3.8, 4) is 0 Å². The van der Waals surface area contributed by atoms with Gasteiger partial charge < -0.3 is 25.4 Å². The van der Waals surface area contributed by atoms with E-state index in [1.165, 1.54) is 12.3 Å². The Kier molecular flexibility index (Phi) is 4.28. The van der Waals surface area contributed by atoms with Crippen LogP contribution >= 0.6 is 7.82 Å². The van der Waals surface area contributed by atoms with Crippen LogP contribution in [-0.2, 0) is 13.8 Å². The Bertz CT molecular complexity index is 654. The van der Waals surface area contributed by atoms with Crippen LogP contribution in [0.15, 0.2) is 29.2 Å². The second-order valence-electron chi connectivity index (χ2n) is 4.38. The van der Waals surface area contributed by atoms with E-state index in [2.05, 4.69) is 16.1 Å². The van der Waals surface area contributed by atoms with Crippen LogP contribution in [-0.4, -0.2) is 43.3 Å². The normalized spacial score (nSPS) is 26.2. The maximum Gasteiger partial charge on any atom is 0.469 e. The number of hydrogen-bond acceptors (Lipinski definition) is 7. The molecule has 1 aliphatic rings. The number of rotatable bonds is 4. The number of nitrogens with two attached hydrogens (primary N) is 1. The number of phosphoric acid groups is 1. The van der Waals surface area contributed by atoms with Gasteiger partial charge in [0, 0.05) is 11.8 Å². The van der Waals surface area contributed by atoms with Gasteiger partial charge in [0.05, 0.1) is 6.61 Å². The van der Waals surface area contributed by atoms with E-state index in [1.807, 2.05) is 0 Å². The molecule has 1 fully saturated rings. The Morgan fingerprint density at radius 1 is 1.57 bits per heavy atom. The number of aliphatic hydroxyl groups excluding tert-OH is 1. The number of hydrogen-bond donors (Lipinski definition) is 4. The first-order chi connectivity index (χ1) is 9.69. The van der Waals surface area contributed by atoms with Gasteiger partial charge in [-0.2, -0.15) is 4.98 Å². The van der Waals surface area contributed by atoms with E-state index in [-0.39, 0.29) is 11.4 Å². The van der Waals surface area contributed by atoms with Crippen LogP contribution in [0, 0.1) is 0 Å². The minimum Gasteiger partial charge on any atom is -0.386 e. The molecule has 2 rings (SSSR count). The lowest BCUT2D eigenvalue weighted by Crippen LogP contribution is -2.28. The molecule has 11 heteroatoms. The standard InChI is InChI=1S/C10H14N3O7P/c1-5-8(14)6(4-19-21(16,17)18)20-9(5)13-3-2-7(11)12-10(13)15/h2-3,6,8-9,14H,1,4H2,(H2,11,12,15)(H2,16,17,18)/t6-,8+,9-/m1/s1. The third-order valence-corrected chi connectivity index (χ3v) is 3.35. The van der Waals surface area contributed by atoms with Gasteiger partial charge in [-0.05, 0) is 6.07 Å². The number of aliphatic hydroxyl groups is 1. The summed E-state index contributed by atoms with van der Waals surface area (Å²) in [6, 6.07) is 1.36. The van der Waals surface area contributed by atoms with Crippen LogP contribution in [0.3, 0.4) is 0 Å². The Balaban J connectivity index is 2.18. The lowest BCUT2D eigenvalue weighted by Gasteiger charge is -2.15. The number of phosphoric ester groups is 1. The fraction of sp³-hybridized carbons (Fsp3) is 0.400. The van der Waals surface area contributed by atoms with Crippen LogP contribution in [0.2, 0.25) is 0 Å². The van der Waals surface area contributed by atoms with Crippen molar-refractivity contribution in [3.63, 3.8) is 0 Å². The first-order valence-electron chi connectivity index (χ1n) is 5.76. The molecule has 0 aliphatic carbocycles. The van der Waals surface area contributed by atoms with Crippen LogP contribution in [0.5, 0.6) is 0 Å². The summed E-state index contributed by atoms with van der Waals surface area (Å²) < 4.78 is 21.3. The summed E-state index contributed by atoms with van der Waals surface area (Å²) in [6.07, 6.45) is -2.02. The summed E-state index contributed by atoms with van der Waals surface area (Å²) in [4.78, 5) is 32.5. The quantitative estimate of drug-likeness (QED) is 0.393. The average Bonchev–Trinajstić information content (AvgIpc) is 2.64. The van der Waals surface area contributed by atoms with Crippen molar-refractivity contribution < 1.29 is 28.7 Å². The Morgan fingerprint density at radius 2 is 2.24 bits per heavy atom. The minimum absolute atomic E-state index is 0.0294. The molecule has 1 aromatic heterocycles. The highest BCUT2D eigenvalue weighted by Crippen LogP contribution is 2.39. The zero-order valence-corrected chi connectivity index (χ0v) is 11.6. The van der Waals surface area contributed by atoms with Crippen molar-refractivity contribution >= 4 is 13.6 Å². The maximum absolute atomic E-state index is 11.7. The second-order valence-corrected chi connectivity index (χ2v) is 5.61. The van der Waals surface area contributed by atoms with Gasteiger partial charge in [-0.1, -0.05) is 6.58 Å². The minimum atomic E-state index is -4.69. The topological polar surface area (TPSA) is 157 Å². The smallest absolute Gasteiger partial charge is 0.386 e. The van der Waals surface area contributed by atoms with E-state index in [1.54, 1.807) is 0 Å².